The summed E-state index contributed by atoms with van der Waals surface area (Å²) in [5.41, 5.74) is 8.66. The predicted octanol–water partition coefficient (Wildman–Crippen LogP) is 13.2. The lowest BCUT2D eigenvalue weighted by Crippen LogP contribution is -2.28. The van der Waals surface area contributed by atoms with Crippen molar-refractivity contribution < 1.29 is 26.8 Å². The van der Waals surface area contributed by atoms with E-state index in [0.717, 1.165) is 22.3 Å². The van der Waals surface area contributed by atoms with Crippen molar-refractivity contribution in [3.05, 3.63) is 233 Å². The second-order valence-electron chi connectivity index (χ2n) is 17.5. The third-order valence-electron chi connectivity index (χ3n) is 12.2. The lowest BCUT2D eigenvalue weighted by Gasteiger charge is -2.19. The number of nitrogens with one attached hydrogen (secondary N) is 2. The molecule has 0 spiro atoms. The minimum absolute atomic E-state index is 0.170. The van der Waals surface area contributed by atoms with Crippen LogP contribution in [0.25, 0.3) is 34.7 Å². The number of benzene rings is 6. The van der Waals surface area contributed by atoms with Crippen LogP contribution in [0.2, 0.25) is 20.1 Å². The minimum atomic E-state index is -1.27. The number of hydrogen-bond donors (Lipinski definition) is 2. The summed E-state index contributed by atoms with van der Waals surface area (Å²) in [7, 11) is -2.53. The predicted molar refractivity (Wildman–Crippen MR) is 294 cm³/mol. The first-order valence-corrected chi connectivity index (χ1v) is 27.6. The van der Waals surface area contributed by atoms with E-state index in [1.807, 2.05) is 86.7 Å². The average Bonchev–Trinajstić information content (AvgIpc) is 3.95. The van der Waals surface area contributed by atoms with Gasteiger partial charge in [-0.1, -0.05) is 131 Å². The van der Waals surface area contributed by atoms with E-state index in [9.17, 15) is 26.8 Å². The smallest absolute Gasteiger partial charge is 0.272 e. The molecule has 10 nitrogen and oxygen atoms in total. The largest absolute Gasteiger partial charge is 0.344 e. The Morgan fingerprint density at radius 1 is 0.541 bits per heavy atom. The van der Waals surface area contributed by atoms with E-state index in [0.29, 0.717) is 65.1 Å². The van der Waals surface area contributed by atoms with Crippen LogP contribution >= 0.6 is 46.4 Å². The Labute approximate surface area is 450 Å². The molecule has 0 fully saturated rings. The molecule has 0 saturated carbocycles. The van der Waals surface area contributed by atoms with Crippen molar-refractivity contribution in [2.24, 2.45) is 0 Å². The van der Waals surface area contributed by atoms with Gasteiger partial charge < -0.3 is 10.6 Å². The topological polar surface area (TPSA) is 128 Å². The van der Waals surface area contributed by atoms with Crippen LogP contribution in [0.1, 0.15) is 91.7 Å². The van der Waals surface area contributed by atoms with E-state index in [1.54, 1.807) is 70.0 Å². The quantitative estimate of drug-likeness (QED) is 0.140. The maximum Gasteiger partial charge on any atom is 0.272 e. The third-order valence-corrected chi connectivity index (χ3v) is 15.8. The van der Waals surface area contributed by atoms with Gasteiger partial charge in [-0.25, -0.2) is 18.1 Å². The standard InChI is InChI=1S/2C28H22Cl2FN3O2S/c2*1-17(19-5-3-2-4-6-19)32-28(35)26-23-16-37(36)15-20(13-18-7-10-22(31)11-8-18)27(23)34(33-26)25-12-9-21(29)14-24(25)30/h2*2-14,17H,15-16H2,1H3,(H,32,35)/b2*20-13+/t2*17-,37?/m10/s1. The number of fused-ring (bicyclic) bond motifs is 2. The molecule has 18 heteroatoms. The van der Waals surface area contributed by atoms with Gasteiger partial charge >= 0.3 is 0 Å². The Kier molecular flexibility index (Phi) is 16.2. The van der Waals surface area contributed by atoms with Gasteiger partial charge in [0, 0.05) is 42.8 Å². The fraction of sp³-hybridized carbons (Fsp3) is 0.143. The second kappa shape index (κ2) is 22.9. The number of amides is 2. The number of halogens is 6. The fourth-order valence-corrected chi connectivity index (χ4v) is 12.2. The normalized spacial score (nSPS) is 16.9. The molecule has 4 heterocycles. The summed E-state index contributed by atoms with van der Waals surface area (Å²) in [5, 5.41) is 17.0. The SMILES string of the molecule is C[C@@H](NC(=O)c1nn(-c2ccc(Cl)cc2Cl)c2c1CS(=O)C/C2=C\c1ccc(F)cc1)c1ccccc1.C[C@H](NC(=O)c1nn(-c2ccc(Cl)cc2Cl)c2c1CS(=O)C/C2=C\c1ccc(F)cc1)c1ccccc1. The summed E-state index contributed by atoms with van der Waals surface area (Å²) in [5.74, 6) is -0.606. The van der Waals surface area contributed by atoms with E-state index in [1.165, 1.54) is 24.3 Å². The van der Waals surface area contributed by atoms with Crippen molar-refractivity contribution >= 4 is 103 Å². The first-order valence-electron chi connectivity index (χ1n) is 23.1. The first kappa shape index (κ1) is 52.3. The maximum absolute atomic E-state index is 13.5. The molecular formula is C56H44Cl4F2N6O4S2. The average molecular weight is 1110 g/mol. The van der Waals surface area contributed by atoms with Crippen molar-refractivity contribution in [3.63, 3.8) is 0 Å². The lowest BCUT2D eigenvalue weighted by atomic mass is 10.0. The molecule has 74 heavy (non-hydrogen) atoms. The fourth-order valence-electron chi connectivity index (χ4n) is 8.68. The summed E-state index contributed by atoms with van der Waals surface area (Å²) in [6, 6.07) is 40.8. The van der Waals surface area contributed by atoms with Gasteiger partial charge in [-0.2, -0.15) is 10.2 Å². The van der Waals surface area contributed by atoms with Crippen molar-refractivity contribution in [2.75, 3.05) is 11.5 Å². The molecule has 4 atom stereocenters. The monoisotopic (exact) mass is 1110 g/mol. The van der Waals surface area contributed by atoms with Crippen LogP contribution in [0.3, 0.4) is 0 Å². The van der Waals surface area contributed by atoms with Crippen molar-refractivity contribution in [3.8, 4) is 11.4 Å². The van der Waals surface area contributed by atoms with Gasteiger partial charge in [0.05, 0.1) is 67.9 Å². The highest BCUT2D eigenvalue weighted by atomic mass is 35.5. The van der Waals surface area contributed by atoms with Gasteiger partial charge in [0.15, 0.2) is 11.4 Å². The second-order valence-corrected chi connectivity index (χ2v) is 22.1. The molecule has 2 aromatic heterocycles. The zero-order valence-corrected chi connectivity index (χ0v) is 44.2. The van der Waals surface area contributed by atoms with Gasteiger partial charge in [-0.3, -0.25) is 18.0 Å². The zero-order chi connectivity index (χ0) is 52.2. The Balaban J connectivity index is 0.000000182. The molecule has 0 aliphatic carbocycles. The zero-order valence-electron chi connectivity index (χ0n) is 39.5. The van der Waals surface area contributed by atoms with Crippen LogP contribution in [-0.2, 0) is 33.1 Å². The number of carbonyl (C=O) groups is 2. The Bertz CT molecular complexity index is 3300. The minimum Gasteiger partial charge on any atom is -0.344 e. The molecule has 2 N–H and O–H groups in total. The lowest BCUT2D eigenvalue weighted by molar-refractivity contribution is 0.0925. The van der Waals surface area contributed by atoms with Gasteiger partial charge in [0.25, 0.3) is 11.8 Å². The highest BCUT2D eigenvalue weighted by Gasteiger charge is 2.34. The molecule has 376 valence electrons. The van der Waals surface area contributed by atoms with Gasteiger partial charge in [-0.15, -0.1) is 0 Å². The van der Waals surface area contributed by atoms with Crippen LogP contribution in [0.5, 0.6) is 0 Å². The Morgan fingerprint density at radius 2 is 0.905 bits per heavy atom. The van der Waals surface area contributed by atoms with Gasteiger partial charge in [-0.05, 0) is 120 Å². The van der Waals surface area contributed by atoms with Crippen molar-refractivity contribution in [2.45, 2.75) is 37.4 Å². The molecule has 2 aliphatic heterocycles. The molecule has 8 aromatic rings. The van der Waals surface area contributed by atoms with Crippen LogP contribution < -0.4 is 10.6 Å². The van der Waals surface area contributed by atoms with Gasteiger partial charge in [0.2, 0.25) is 0 Å². The highest BCUT2D eigenvalue weighted by Crippen LogP contribution is 2.38. The first-order chi connectivity index (χ1) is 35.6. The number of rotatable bonds is 10. The number of hydrogen-bond acceptors (Lipinski definition) is 6. The molecule has 2 aliphatic rings. The molecule has 0 bridgehead atoms. The molecule has 0 radical (unpaired) electrons. The van der Waals surface area contributed by atoms with Crippen molar-refractivity contribution in [1.29, 1.82) is 0 Å². The molecular weight excluding hydrogens is 1060 g/mol. The van der Waals surface area contributed by atoms with E-state index >= 15 is 0 Å². The summed E-state index contributed by atoms with van der Waals surface area (Å²) in [6.07, 6.45) is 3.68. The Hall–Kier alpha value is -6.52. The summed E-state index contributed by atoms with van der Waals surface area (Å²) in [4.78, 5) is 27.0. The van der Waals surface area contributed by atoms with Crippen LogP contribution in [0.4, 0.5) is 8.78 Å². The van der Waals surface area contributed by atoms with Gasteiger partial charge in [0.1, 0.15) is 11.6 Å². The summed E-state index contributed by atoms with van der Waals surface area (Å²) < 4.78 is 56.1. The Morgan fingerprint density at radius 3 is 1.26 bits per heavy atom. The number of nitrogens with zero attached hydrogens (tertiary/aromatic N) is 4. The van der Waals surface area contributed by atoms with Crippen LogP contribution in [-0.4, -0.2) is 51.3 Å². The summed E-state index contributed by atoms with van der Waals surface area (Å²) >= 11 is 25.3. The number of carbonyl (C=O) groups excluding carboxylic acids is 2. The maximum atomic E-state index is 13.5. The van der Waals surface area contributed by atoms with E-state index in [4.69, 9.17) is 46.4 Å². The molecule has 10 rings (SSSR count). The highest BCUT2D eigenvalue weighted by molar-refractivity contribution is 7.85. The molecule has 2 unspecified atom stereocenters. The van der Waals surface area contributed by atoms with E-state index in [-0.39, 0.29) is 69.9 Å². The molecule has 0 saturated heterocycles. The summed E-state index contributed by atoms with van der Waals surface area (Å²) in [6.45, 7) is 3.79. The van der Waals surface area contributed by atoms with Crippen molar-refractivity contribution in [1.82, 2.24) is 30.2 Å². The number of aromatic nitrogens is 4. The van der Waals surface area contributed by atoms with E-state index in [2.05, 4.69) is 20.8 Å². The molecule has 6 aromatic carbocycles. The van der Waals surface area contributed by atoms with Crippen LogP contribution in [0, 0.1) is 11.6 Å². The van der Waals surface area contributed by atoms with Crippen LogP contribution in [0.15, 0.2) is 146 Å². The van der Waals surface area contributed by atoms with E-state index < -0.39 is 21.6 Å². The third kappa shape index (κ3) is 11.9. The molecule has 2 amide bonds.